The van der Waals surface area contributed by atoms with Crippen LogP contribution in [-0.2, 0) is 12.4 Å². The molecule has 0 radical (unpaired) electrons. The Morgan fingerprint density at radius 1 is 0.909 bits per heavy atom. The molecule has 0 amide bonds. The van der Waals surface area contributed by atoms with Crippen molar-refractivity contribution in [3.05, 3.63) is 39.6 Å². The van der Waals surface area contributed by atoms with E-state index in [-0.39, 0.29) is 26.5 Å². The third-order valence-corrected chi connectivity index (χ3v) is 3.12. The zero-order chi connectivity index (χ0) is 16.9. The molecule has 1 heterocycles. The van der Waals surface area contributed by atoms with Crippen LogP contribution in [0.3, 0.4) is 0 Å². The highest BCUT2D eigenvalue weighted by Gasteiger charge is 2.42. The second-order valence-electron chi connectivity index (χ2n) is 4.16. The minimum atomic E-state index is -5.09. The molecule has 0 spiro atoms. The summed E-state index contributed by atoms with van der Waals surface area (Å²) in [5, 5.41) is 2.20. The van der Waals surface area contributed by atoms with Crippen LogP contribution < -0.4 is 5.73 Å². The molecule has 0 saturated heterocycles. The molecule has 11 heteroatoms. The molecule has 2 rings (SSSR count). The lowest BCUT2D eigenvalue weighted by Crippen LogP contribution is -2.14. The van der Waals surface area contributed by atoms with Gasteiger partial charge >= 0.3 is 12.4 Å². The first-order chi connectivity index (χ1) is 9.91. The van der Waals surface area contributed by atoms with Crippen molar-refractivity contribution in [3.63, 3.8) is 0 Å². The number of nitrogens with two attached hydrogens (primary N) is 1. The van der Waals surface area contributed by atoms with Crippen LogP contribution >= 0.6 is 23.2 Å². The zero-order valence-electron chi connectivity index (χ0n) is 10.2. The van der Waals surface area contributed by atoms with Gasteiger partial charge in [-0.2, -0.15) is 31.4 Å². The molecule has 0 fully saturated rings. The lowest BCUT2D eigenvalue weighted by Gasteiger charge is -2.13. The average Bonchev–Trinajstić information content (AvgIpc) is 2.71. The normalized spacial score (nSPS) is 12.7. The van der Waals surface area contributed by atoms with Crippen molar-refractivity contribution < 1.29 is 26.3 Å². The van der Waals surface area contributed by atoms with E-state index in [1.807, 2.05) is 0 Å². The molecular weight excluding hydrogens is 359 g/mol. The smallest absolute Gasteiger partial charge is 0.399 e. The van der Waals surface area contributed by atoms with Crippen molar-refractivity contribution in [2.24, 2.45) is 0 Å². The van der Waals surface area contributed by atoms with Gasteiger partial charge in [0.25, 0.3) is 0 Å². The highest BCUT2D eigenvalue weighted by Crippen LogP contribution is 2.39. The molecular formula is C11H5Cl2F6N3. The summed E-state index contributed by atoms with van der Waals surface area (Å²) in [6.45, 7) is 0. The fourth-order valence-electron chi connectivity index (χ4n) is 1.68. The van der Waals surface area contributed by atoms with Crippen LogP contribution in [-0.4, -0.2) is 9.78 Å². The van der Waals surface area contributed by atoms with Crippen molar-refractivity contribution in [3.8, 4) is 5.69 Å². The number of benzene rings is 1. The molecule has 0 saturated carbocycles. The SMILES string of the molecule is Nc1cc(Cl)c(-n2nc(C(F)(F)F)cc2C(F)(F)F)c(Cl)c1. The quantitative estimate of drug-likeness (QED) is 0.584. The summed E-state index contributed by atoms with van der Waals surface area (Å²) in [5.74, 6) is 0. The maximum absolute atomic E-state index is 12.9. The van der Waals surface area contributed by atoms with Crippen LogP contribution in [0.25, 0.3) is 5.69 Å². The van der Waals surface area contributed by atoms with Crippen LogP contribution in [0.4, 0.5) is 32.0 Å². The number of hydrogen-bond acceptors (Lipinski definition) is 2. The van der Waals surface area contributed by atoms with Gasteiger partial charge in [-0.05, 0) is 12.1 Å². The van der Waals surface area contributed by atoms with Gasteiger partial charge in [0.1, 0.15) is 11.4 Å². The van der Waals surface area contributed by atoms with E-state index in [9.17, 15) is 26.3 Å². The number of nitrogen functional groups attached to an aromatic ring is 1. The lowest BCUT2D eigenvalue weighted by atomic mass is 10.2. The first-order valence-corrected chi connectivity index (χ1v) is 6.16. The second-order valence-corrected chi connectivity index (χ2v) is 4.97. The lowest BCUT2D eigenvalue weighted by molar-refractivity contribution is -0.143. The highest BCUT2D eigenvalue weighted by molar-refractivity contribution is 6.38. The summed E-state index contributed by atoms with van der Waals surface area (Å²) in [6.07, 6.45) is -10.2. The standard InChI is InChI=1S/C11H5Cl2F6N3/c12-5-1-4(20)2-6(13)9(5)22-8(11(17,18)19)3-7(21-22)10(14,15)16/h1-3H,20H2. The number of alkyl halides is 6. The molecule has 3 nitrogen and oxygen atoms in total. The number of halogens is 8. The Labute approximate surface area is 129 Å². The van der Waals surface area contributed by atoms with Crippen molar-refractivity contribution in [2.45, 2.75) is 12.4 Å². The summed E-state index contributed by atoms with van der Waals surface area (Å²) in [4.78, 5) is 0. The van der Waals surface area contributed by atoms with Gasteiger partial charge in [0.05, 0.1) is 10.0 Å². The highest BCUT2D eigenvalue weighted by atomic mass is 35.5. The Balaban J connectivity index is 2.78. The first kappa shape index (κ1) is 16.8. The molecule has 0 aliphatic rings. The van der Waals surface area contributed by atoms with E-state index in [1.54, 1.807) is 0 Å². The monoisotopic (exact) mass is 363 g/mol. The summed E-state index contributed by atoms with van der Waals surface area (Å²) < 4.78 is 76.7. The van der Waals surface area contributed by atoms with E-state index in [0.29, 0.717) is 0 Å². The minimum absolute atomic E-state index is 0.00687. The molecule has 2 aromatic rings. The molecule has 1 aromatic heterocycles. The number of anilines is 1. The van der Waals surface area contributed by atoms with Gasteiger partial charge in [-0.3, -0.25) is 0 Å². The van der Waals surface area contributed by atoms with Crippen LogP contribution in [0, 0.1) is 0 Å². The second kappa shape index (κ2) is 5.24. The fraction of sp³-hybridized carbons (Fsp3) is 0.182. The Hall–Kier alpha value is -1.61. The summed E-state index contributed by atoms with van der Waals surface area (Å²) in [7, 11) is 0. The topological polar surface area (TPSA) is 43.8 Å². The number of nitrogens with zero attached hydrogens (tertiary/aromatic N) is 2. The molecule has 0 unspecified atom stereocenters. The van der Waals surface area contributed by atoms with Gasteiger partial charge in [-0.25, -0.2) is 4.68 Å². The Kier molecular flexibility index (Phi) is 3.99. The van der Waals surface area contributed by atoms with Gasteiger partial charge in [-0.1, -0.05) is 23.2 Å². The van der Waals surface area contributed by atoms with Gasteiger partial charge < -0.3 is 5.73 Å². The van der Waals surface area contributed by atoms with Gasteiger partial charge in [0, 0.05) is 11.8 Å². The first-order valence-electron chi connectivity index (χ1n) is 5.40. The molecule has 1 aromatic carbocycles. The largest absolute Gasteiger partial charge is 0.435 e. The molecule has 0 aliphatic carbocycles. The van der Waals surface area contributed by atoms with E-state index >= 15 is 0 Å². The summed E-state index contributed by atoms with van der Waals surface area (Å²) >= 11 is 11.5. The van der Waals surface area contributed by atoms with E-state index < -0.39 is 29.4 Å². The molecule has 22 heavy (non-hydrogen) atoms. The third-order valence-electron chi connectivity index (χ3n) is 2.54. The molecule has 120 valence electrons. The van der Waals surface area contributed by atoms with E-state index in [4.69, 9.17) is 28.9 Å². The Morgan fingerprint density at radius 3 is 1.82 bits per heavy atom. The summed E-state index contributed by atoms with van der Waals surface area (Å²) in [6, 6.07) is 1.98. The van der Waals surface area contributed by atoms with Crippen molar-refractivity contribution in [2.75, 3.05) is 5.73 Å². The zero-order valence-corrected chi connectivity index (χ0v) is 11.7. The van der Waals surface area contributed by atoms with Crippen molar-refractivity contribution >= 4 is 28.9 Å². The van der Waals surface area contributed by atoms with E-state index in [1.165, 1.54) is 0 Å². The Morgan fingerprint density at radius 2 is 1.41 bits per heavy atom. The number of aromatic nitrogens is 2. The summed E-state index contributed by atoms with van der Waals surface area (Å²) in [5.41, 5.74) is 1.52. The van der Waals surface area contributed by atoms with Gasteiger partial charge in [0.2, 0.25) is 0 Å². The number of rotatable bonds is 1. The molecule has 2 N–H and O–H groups in total. The van der Waals surface area contributed by atoms with Gasteiger partial charge in [-0.15, -0.1) is 0 Å². The van der Waals surface area contributed by atoms with Crippen LogP contribution in [0.15, 0.2) is 18.2 Å². The van der Waals surface area contributed by atoms with Crippen LogP contribution in [0.5, 0.6) is 0 Å². The molecule has 0 atom stereocenters. The van der Waals surface area contributed by atoms with Crippen LogP contribution in [0.1, 0.15) is 11.4 Å². The molecule has 0 bridgehead atoms. The predicted octanol–water partition coefficient (Wildman–Crippen LogP) is 4.80. The third kappa shape index (κ3) is 3.09. The maximum Gasteiger partial charge on any atom is 0.435 e. The Bertz CT molecular complexity index is 697. The van der Waals surface area contributed by atoms with Crippen molar-refractivity contribution in [1.29, 1.82) is 0 Å². The molecule has 0 aliphatic heterocycles. The average molecular weight is 364 g/mol. The van der Waals surface area contributed by atoms with E-state index in [0.717, 1.165) is 12.1 Å². The van der Waals surface area contributed by atoms with Crippen molar-refractivity contribution in [1.82, 2.24) is 9.78 Å². The van der Waals surface area contributed by atoms with Gasteiger partial charge in [0.15, 0.2) is 5.69 Å². The fourth-order valence-corrected chi connectivity index (χ4v) is 2.34. The maximum atomic E-state index is 12.9. The predicted molar refractivity (Wildman–Crippen MR) is 68.0 cm³/mol. The van der Waals surface area contributed by atoms with Crippen LogP contribution in [0.2, 0.25) is 10.0 Å². The van der Waals surface area contributed by atoms with E-state index in [2.05, 4.69) is 5.10 Å². The minimum Gasteiger partial charge on any atom is -0.399 e. The number of hydrogen-bond donors (Lipinski definition) is 1.